The number of nitrogens with zero attached hydrogens (tertiary/aromatic N) is 1. The molecule has 4 rings (SSSR count). The average molecular weight is 480 g/mol. The highest BCUT2D eigenvalue weighted by Crippen LogP contribution is 2.44. The molecule has 2 aromatic rings. The Labute approximate surface area is 205 Å². The Kier molecular flexibility index (Phi) is 7.40. The summed E-state index contributed by atoms with van der Waals surface area (Å²) in [5.41, 5.74) is 3.74. The van der Waals surface area contributed by atoms with E-state index in [1.807, 2.05) is 50.5 Å². The van der Waals surface area contributed by atoms with Gasteiger partial charge < -0.3 is 25.4 Å². The molecule has 2 aliphatic carbocycles. The number of carbonyl (C=O) groups is 3. The highest BCUT2D eigenvalue weighted by Gasteiger charge is 2.39. The maximum absolute atomic E-state index is 13.1. The van der Waals surface area contributed by atoms with Crippen molar-refractivity contribution in [1.82, 2.24) is 15.5 Å². The van der Waals surface area contributed by atoms with Crippen LogP contribution in [0.25, 0.3) is 11.1 Å². The SMILES string of the molecule is CN(C)C[C@H](NC(=O)OCC1c2ccccc2-c2ccccc21)C(=O)NC1(CC(=O)O)CCCC1. The second kappa shape index (κ2) is 10.5. The molecule has 3 N–H and O–H groups in total. The van der Waals surface area contributed by atoms with Gasteiger partial charge in [-0.25, -0.2) is 4.79 Å². The standard InChI is InChI=1S/C27H33N3O5/c1-30(2)16-23(25(33)29-27(15-24(31)32)13-7-8-14-27)28-26(34)35-17-22-20-11-5-3-9-18(20)19-10-4-6-12-21(19)22/h3-6,9-12,22-23H,7-8,13-17H2,1-2H3,(H,28,34)(H,29,33)(H,31,32)/t23-/m0/s1. The predicted octanol–water partition coefficient (Wildman–Crippen LogP) is 3.36. The molecule has 8 nitrogen and oxygen atoms in total. The molecule has 2 aromatic carbocycles. The molecule has 0 unspecified atom stereocenters. The zero-order valence-corrected chi connectivity index (χ0v) is 20.3. The van der Waals surface area contributed by atoms with Crippen molar-refractivity contribution in [2.75, 3.05) is 27.2 Å². The van der Waals surface area contributed by atoms with E-state index in [0.717, 1.165) is 35.1 Å². The zero-order valence-electron chi connectivity index (χ0n) is 20.3. The molecular formula is C27H33N3O5. The molecule has 1 fully saturated rings. The Morgan fingerprint density at radius 2 is 1.60 bits per heavy atom. The van der Waals surface area contributed by atoms with E-state index >= 15 is 0 Å². The van der Waals surface area contributed by atoms with Gasteiger partial charge in [0, 0.05) is 12.5 Å². The van der Waals surface area contributed by atoms with Gasteiger partial charge in [0.25, 0.3) is 0 Å². The van der Waals surface area contributed by atoms with E-state index in [-0.39, 0.29) is 25.5 Å². The van der Waals surface area contributed by atoms with E-state index in [1.54, 1.807) is 4.90 Å². The van der Waals surface area contributed by atoms with E-state index in [0.29, 0.717) is 12.8 Å². The molecule has 0 aliphatic heterocycles. The lowest BCUT2D eigenvalue weighted by Crippen LogP contribution is -2.57. The molecule has 186 valence electrons. The maximum atomic E-state index is 13.1. The number of nitrogens with one attached hydrogen (secondary N) is 2. The Hall–Kier alpha value is -3.39. The van der Waals surface area contributed by atoms with Crippen LogP contribution in [-0.4, -0.2) is 66.8 Å². The van der Waals surface area contributed by atoms with Gasteiger partial charge in [0.2, 0.25) is 5.91 Å². The largest absolute Gasteiger partial charge is 0.481 e. The third kappa shape index (κ3) is 5.65. The summed E-state index contributed by atoms with van der Waals surface area (Å²) in [6, 6.07) is 15.3. The summed E-state index contributed by atoms with van der Waals surface area (Å²) in [4.78, 5) is 39.1. The lowest BCUT2D eigenvalue weighted by atomic mass is 9.92. The predicted molar refractivity (Wildman–Crippen MR) is 132 cm³/mol. The molecular weight excluding hydrogens is 446 g/mol. The summed E-state index contributed by atoms with van der Waals surface area (Å²) in [5.74, 6) is -1.41. The van der Waals surface area contributed by atoms with E-state index in [2.05, 4.69) is 22.8 Å². The van der Waals surface area contributed by atoms with Gasteiger partial charge in [0.15, 0.2) is 0 Å². The summed E-state index contributed by atoms with van der Waals surface area (Å²) in [5, 5.41) is 15.0. The summed E-state index contributed by atoms with van der Waals surface area (Å²) in [6.45, 7) is 0.415. The van der Waals surface area contributed by atoms with Crippen LogP contribution in [0, 0.1) is 0 Å². The topological polar surface area (TPSA) is 108 Å². The lowest BCUT2D eigenvalue weighted by Gasteiger charge is -2.31. The fourth-order valence-corrected chi connectivity index (χ4v) is 5.38. The second-order valence-corrected chi connectivity index (χ2v) is 9.83. The van der Waals surface area contributed by atoms with Gasteiger partial charge in [-0.15, -0.1) is 0 Å². The van der Waals surface area contributed by atoms with Crippen molar-refractivity contribution in [3.05, 3.63) is 59.7 Å². The van der Waals surface area contributed by atoms with E-state index in [9.17, 15) is 19.5 Å². The van der Waals surface area contributed by atoms with Gasteiger partial charge >= 0.3 is 12.1 Å². The van der Waals surface area contributed by atoms with Crippen LogP contribution in [0.3, 0.4) is 0 Å². The molecule has 0 bridgehead atoms. The number of benzene rings is 2. The molecule has 1 atom stereocenters. The van der Waals surface area contributed by atoms with Gasteiger partial charge in [0.05, 0.1) is 12.0 Å². The number of rotatable bonds is 9. The normalized spacial score (nSPS) is 16.9. The number of hydrogen-bond donors (Lipinski definition) is 3. The Bertz CT molecular complexity index is 1050. The first-order valence-electron chi connectivity index (χ1n) is 12.1. The highest BCUT2D eigenvalue weighted by molar-refractivity contribution is 5.87. The number of ether oxygens (including phenoxy) is 1. The Morgan fingerprint density at radius 3 is 2.14 bits per heavy atom. The van der Waals surface area contributed by atoms with E-state index < -0.39 is 29.6 Å². The first-order valence-corrected chi connectivity index (χ1v) is 12.1. The molecule has 8 heteroatoms. The van der Waals surface area contributed by atoms with Crippen LogP contribution in [0.2, 0.25) is 0 Å². The van der Waals surface area contributed by atoms with Crippen molar-refractivity contribution < 1.29 is 24.2 Å². The smallest absolute Gasteiger partial charge is 0.407 e. The number of alkyl carbamates (subject to hydrolysis) is 1. The van der Waals surface area contributed by atoms with Crippen LogP contribution in [-0.2, 0) is 14.3 Å². The molecule has 2 amide bonds. The summed E-state index contributed by atoms with van der Waals surface area (Å²) in [6.07, 6.45) is 2.16. The number of amides is 2. The van der Waals surface area contributed by atoms with E-state index in [4.69, 9.17) is 4.74 Å². The summed E-state index contributed by atoms with van der Waals surface area (Å²) in [7, 11) is 3.62. The maximum Gasteiger partial charge on any atom is 0.407 e. The molecule has 0 aromatic heterocycles. The van der Waals surface area contributed by atoms with Crippen molar-refractivity contribution in [2.45, 2.75) is 49.6 Å². The van der Waals surface area contributed by atoms with Crippen molar-refractivity contribution in [2.24, 2.45) is 0 Å². The van der Waals surface area contributed by atoms with Gasteiger partial charge in [-0.3, -0.25) is 9.59 Å². The molecule has 1 saturated carbocycles. The fourth-order valence-electron chi connectivity index (χ4n) is 5.38. The first kappa shape index (κ1) is 24.7. The van der Waals surface area contributed by atoms with Crippen LogP contribution >= 0.6 is 0 Å². The van der Waals surface area contributed by atoms with Gasteiger partial charge in [-0.1, -0.05) is 61.4 Å². The minimum absolute atomic E-state index is 0.0772. The number of hydrogen-bond acceptors (Lipinski definition) is 5. The zero-order chi connectivity index (χ0) is 25.0. The molecule has 0 heterocycles. The first-order chi connectivity index (χ1) is 16.8. The monoisotopic (exact) mass is 479 g/mol. The van der Waals surface area contributed by atoms with Crippen LogP contribution < -0.4 is 10.6 Å². The molecule has 2 aliphatic rings. The number of carbonyl (C=O) groups excluding carboxylic acids is 2. The van der Waals surface area contributed by atoms with Crippen molar-refractivity contribution in [3.8, 4) is 11.1 Å². The van der Waals surface area contributed by atoms with E-state index in [1.165, 1.54) is 0 Å². The van der Waals surface area contributed by atoms with Crippen LogP contribution in [0.15, 0.2) is 48.5 Å². The number of carboxylic acid groups (broad SMARTS) is 1. The minimum Gasteiger partial charge on any atom is -0.481 e. The summed E-state index contributed by atoms with van der Waals surface area (Å²) >= 11 is 0. The number of likely N-dealkylation sites (N-methyl/N-ethyl adjacent to an activating group) is 1. The highest BCUT2D eigenvalue weighted by atomic mass is 16.5. The molecule has 0 radical (unpaired) electrons. The van der Waals surface area contributed by atoms with Crippen LogP contribution in [0.4, 0.5) is 4.79 Å². The van der Waals surface area contributed by atoms with Gasteiger partial charge in [-0.2, -0.15) is 0 Å². The lowest BCUT2D eigenvalue weighted by molar-refractivity contribution is -0.139. The van der Waals surface area contributed by atoms with Crippen molar-refractivity contribution >= 4 is 18.0 Å². The fraction of sp³-hybridized carbons (Fsp3) is 0.444. The quantitative estimate of drug-likeness (QED) is 0.509. The number of carboxylic acids is 1. The number of fused-ring (bicyclic) bond motifs is 3. The van der Waals surface area contributed by atoms with Crippen LogP contribution in [0.5, 0.6) is 0 Å². The molecule has 0 spiro atoms. The Balaban J connectivity index is 1.42. The third-order valence-electron chi connectivity index (χ3n) is 6.94. The van der Waals surface area contributed by atoms with Gasteiger partial charge in [-0.05, 0) is 49.2 Å². The van der Waals surface area contributed by atoms with Crippen molar-refractivity contribution in [3.63, 3.8) is 0 Å². The molecule has 35 heavy (non-hydrogen) atoms. The number of aliphatic carboxylic acids is 1. The van der Waals surface area contributed by atoms with Crippen LogP contribution in [0.1, 0.15) is 49.1 Å². The van der Waals surface area contributed by atoms with Crippen molar-refractivity contribution in [1.29, 1.82) is 0 Å². The molecule has 0 saturated heterocycles. The minimum atomic E-state index is -0.944. The summed E-state index contributed by atoms with van der Waals surface area (Å²) < 4.78 is 5.62. The van der Waals surface area contributed by atoms with Gasteiger partial charge in [0.1, 0.15) is 12.6 Å². The average Bonchev–Trinajstić information content (AvgIpc) is 3.39. The third-order valence-corrected chi connectivity index (χ3v) is 6.94. The second-order valence-electron chi connectivity index (χ2n) is 9.83. The Morgan fingerprint density at radius 1 is 1.03 bits per heavy atom.